The number of carboxylic acids is 1. The molecule has 1 aromatic heterocycles. The summed E-state index contributed by atoms with van der Waals surface area (Å²) < 4.78 is 46.3. The van der Waals surface area contributed by atoms with Crippen molar-refractivity contribution in [1.82, 2.24) is 4.98 Å². The Bertz CT molecular complexity index is 1460. The molecule has 0 spiro atoms. The Labute approximate surface area is 241 Å². The Balaban J connectivity index is 1.43. The predicted molar refractivity (Wildman–Crippen MR) is 157 cm³/mol. The fourth-order valence-corrected chi connectivity index (χ4v) is 5.69. The number of aromatic nitrogens is 1. The van der Waals surface area contributed by atoms with Crippen molar-refractivity contribution < 1.29 is 37.3 Å². The summed E-state index contributed by atoms with van der Waals surface area (Å²) in [5, 5.41) is 9.13. The number of carboxylic acid groups (broad SMARTS) is 1. The molecule has 2 aromatic rings. The summed E-state index contributed by atoms with van der Waals surface area (Å²) in [6.07, 6.45) is 11.3. The maximum atomic E-state index is 11.4. The molecule has 10 heteroatoms. The minimum absolute atomic E-state index is 0.00510. The Morgan fingerprint density at radius 1 is 1.27 bits per heavy atom. The number of aryl methyl sites for hydroxylation is 1. The maximum Gasteiger partial charge on any atom is 0.304 e. The van der Waals surface area contributed by atoms with Crippen LogP contribution in [0.3, 0.4) is 0 Å². The Morgan fingerprint density at radius 2 is 2.07 bits per heavy atom. The van der Waals surface area contributed by atoms with Gasteiger partial charge in [0.1, 0.15) is 33.2 Å². The van der Waals surface area contributed by atoms with Crippen LogP contribution in [-0.2, 0) is 14.6 Å². The summed E-state index contributed by atoms with van der Waals surface area (Å²) in [7, 11) is -1.42. The lowest BCUT2D eigenvalue weighted by atomic mass is 9.91. The average molecular weight is 584 g/mol. The largest absolute Gasteiger partial charge is 0.496 e. The van der Waals surface area contributed by atoms with E-state index in [0.717, 1.165) is 27.8 Å². The minimum Gasteiger partial charge on any atom is -0.496 e. The first-order valence-electron chi connectivity index (χ1n) is 13.6. The highest BCUT2D eigenvalue weighted by molar-refractivity contribution is 7.90. The maximum absolute atomic E-state index is 11.4. The van der Waals surface area contributed by atoms with E-state index < -0.39 is 15.8 Å². The minimum atomic E-state index is -3.03. The number of fused-ring (bicyclic) bond motifs is 1. The van der Waals surface area contributed by atoms with E-state index in [0.29, 0.717) is 62.0 Å². The molecule has 41 heavy (non-hydrogen) atoms. The second-order valence-electron chi connectivity index (χ2n) is 10.4. The molecule has 2 aliphatic rings. The number of sulfone groups is 1. The number of hydrogen-bond donors (Lipinski definition) is 1. The molecule has 220 valence electrons. The van der Waals surface area contributed by atoms with Crippen molar-refractivity contribution in [1.29, 1.82) is 0 Å². The lowest BCUT2D eigenvalue weighted by Crippen LogP contribution is -2.16. The Morgan fingerprint density at radius 3 is 2.80 bits per heavy atom. The highest BCUT2D eigenvalue weighted by Gasteiger charge is 2.28. The number of carbonyl (C=O) groups is 1. The van der Waals surface area contributed by atoms with Gasteiger partial charge in [-0.25, -0.2) is 13.4 Å². The lowest BCUT2D eigenvalue weighted by molar-refractivity contribution is -0.137. The highest BCUT2D eigenvalue weighted by atomic mass is 32.2. The summed E-state index contributed by atoms with van der Waals surface area (Å²) in [5.41, 5.74) is 4.59. The van der Waals surface area contributed by atoms with Crippen LogP contribution in [0.15, 0.2) is 54.8 Å². The molecular formula is C31H37NO8S. The Kier molecular flexibility index (Phi) is 9.75. The molecule has 0 saturated carbocycles. The summed E-state index contributed by atoms with van der Waals surface area (Å²) in [6, 6.07) is 5.49. The standard InChI is InChI=1S/C31H37NO8S/c1-20-10-11-23(40-29-17-27-26(18-32-29)22(19-39-27)15-30(33)34)8-5-6-9-25(20)31-21(2)14-24(16-28(31)37-3)38-12-7-13-41(4,35)36/h5-6,9,14,16-18,22-23H,1,7-8,10-13,15,19H2,2-4H3,(H,33,34)/b6-5-,25-9?/t22-,23?/m1/s1. The summed E-state index contributed by atoms with van der Waals surface area (Å²) in [6.45, 7) is 6.98. The first-order chi connectivity index (χ1) is 19.5. The van der Waals surface area contributed by atoms with Crippen LogP contribution >= 0.6 is 0 Å². The van der Waals surface area contributed by atoms with Gasteiger partial charge < -0.3 is 24.1 Å². The van der Waals surface area contributed by atoms with E-state index in [4.69, 9.17) is 24.1 Å². The van der Waals surface area contributed by atoms with Crippen LogP contribution in [0.2, 0.25) is 0 Å². The average Bonchev–Trinajstić information content (AvgIpc) is 3.32. The molecule has 1 aromatic carbocycles. The van der Waals surface area contributed by atoms with Gasteiger partial charge in [-0.1, -0.05) is 24.8 Å². The van der Waals surface area contributed by atoms with Gasteiger partial charge in [0.25, 0.3) is 0 Å². The van der Waals surface area contributed by atoms with Gasteiger partial charge in [0.15, 0.2) is 0 Å². The molecule has 0 bridgehead atoms. The van der Waals surface area contributed by atoms with E-state index in [2.05, 4.69) is 17.6 Å². The van der Waals surface area contributed by atoms with Crippen molar-refractivity contribution in [2.24, 2.45) is 0 Å². The van der Waals surface area contributed by atoms with Crippen molar-refractivity contribution >= 4 is 21.4 Å². The molecule has 1 unspecified atom stereocenters. The van der Waals surface area contributed by atoms with Crippen LogP contribution in [0.5, 0.6) is 23.1 Å². The molecule has 0 saturated heterocycles. The van der Waals surface area contributed by atoms with Crippen molar-refractivity contribution in [3.63, 3.8) is 0 Å². The van der Waals surface area contributed by atoms with Crippen LogP contribution < -0.4 is 18.9 Å². The van der Waals surface area contributed by atoms with E-state index in [1.54, 1.807) is 19.4 Å². The van der Waals surface area contributed by atoms with E-state index in [-0.39, 0.29) is 24.2 Å². The van der Waals surface area contributed by atoms with Gasteiger partial charge in [-0.05, 0) is 49.0 Å². The van der Waals surface area contributed by atoms with Gasteiger partial charge >= 0.3 is 5.97 Å². The number of allylic oxidation sites excluding steroid dienone is 4. The lowest BCUT2D eigenvalue weighted by Gasteiger charge is -2.20. The number of nitrogens with zero attached hydrogens (tertiary/aromatic N) is 1. The summed E-state index contributed by atoms with van der Waals surface area (Å²) in [5.74, 6) is 1.35. The van der Waals surface area contributed by atoms with Crippen LogP contribution in [0.4, 0.5) is 0 Å². The molecule has 2 heterocycles. The van der Waals surface area contributed by atoms with Gasteiger partial charge in [-0.2, -0.15) is 0 Å². The normalized spacial score (nSPS) is 19.6. The number of aliphatic carboxylic acids is 1. The molecule has 4 rings (SSSR count). The monoisotopic (exact) mass is 583 g/mol. The zero-order chi connectivity index (χ0) is 29.6. The van der Waals surface area contributed by atoms with E-state index in [1.807, 2.05) is 31.2 Å². The molecule has 1 aliphatic heterocycles. The fourth-order valence-electron chi connectivity index (χ4n) is 5.05. The SMILES string of the molecule is C=C1CCC(Oc2cc3c(cn2)[C@H](CC(=O)O)CO3)C/C=C\C=C1c1c(C)cc(OCCCS(C)(=O)=O)cc1OC. The summed E-state index contributed by atoms with van der Waals surface area (Å²) >= 11 is 0. The molecule has 1 N–H and O–H groups in total. The molecule has 9 nitrogen and oxygen atoms in total. The highest BCUT2D eigenvalue weighted by Crippen LogP contribution is 2.40. The van der Waals surface area contributed by atoms with Crippen LogP contribution in [0.1, 0.15) is 54.7 Å². The molecule has 0 fully saturated rings. The number of benzene rings is 1. The van der Waals surface area contributed by atoms with Gasteiger partial charge in [-0.3, -0.25) is 4.79 Å². The van der Waals surface area contributed by atoms with Crippen LogP contribution in [0, 0.1) is 6.92 Å². The third-order valence-electron chi connectivity index (χ3n) is 7.10. The molecule has 0 amide bonds. The van der Waals surface area contributed by atoms with Crippen molar-refractivity contribution in [2.75, 3.05) is 32.3 Å². The zero-order valence-electron chi connectivity index (χ0n) is 23.7. The number of methoxy groups -OCH3 is 1. The zero-order valence-corrected chi connectivity index (χ0v) is 24.5. The Hall–Kier alpha value is -3.79. The molecule has 0 radical (unpaired) electrons. The quantitative estimate of drug-likeness (QED) is 0.352. The van der Waals surface area contributed by atoms with Gasteiger partial charge in [0, 0.05) is 48.1 Å². The van der Waals surface area contributed by atoms with Gasteiger partial charge in [0.05, 0.1) is 32.5 Å². The second-order valence-corrected chi connectivity index (χ2v) is 12.7. The second kappa shape index (κ2) is 13.2. The van der Waals surface area contributed by atoms with E-state index in [1.165, 1.54) is 6.26 Å². The molecular weight excluding hydrogens is 546 g/mol. The third-order valence-corrected chi connectivity index (χ3v) is 8.13. The topological polar surface area (TPSA) is 121 Å². The number of ether oxygens (including phenoxy) is 4. The fraction of sp³-hybridized carbons (Fsp3) is 0.419. The van der Waals surface area contributed by atoms with E-state index >= 15 is 0 Å². The number of pyridine rings is 1. The first kappa shape index (κ1) is 30.2. The van der Waals surface area contributed by atoms with Crippen molar-refractivity contribution in [3.8, 4) is 23.1 Å². The predicted octanol–water partition coefficient (Wildman–Crippen LogP) is 5.29. The summed E-state index contributed by atoms with van der Waals surface area (Å²) in [4.78, 5) is 15.6. The van der Waals surface area contributed by atoms with Crippen molar-refractivity contribution in [2.45, 2.75) is 51.0 Å². The molecule has 1 aliphatic carbocycles. The molecule has 2 atom stereocenters. The third kappa shape index (κ3) is 8.13. The van der Waals surface area contributed by atoms with Gasteiger partial charge in [0.2, 0.25) is 5.88 Å². The smallest absolute Gasteiger partial charge is 0.304 e. The van der Waals surface area contributed by atoms with Crippen LogP contribution in [0.25, 0.3) is 5.57 Å². The van der Waals surface area contributed by atoms with Gasteiger partial charge in [-0.15, -0.1) is 0 Å². The number of hydrogen-bond acceptors (Lipinski definition) is 8. The first-order valence-corrected chi connectivity index (χ1v) is 15.7. The van der Waals surface area contributed by atoms with E-state index in [9.17, 15) is 13.2 Å². The van der Waals surface area contributed by atoms with Crippen LogP contribution in [-0.4, -0.2) is 62.9 Å². The van der Waals surface area contributed by atoms with Crippen molar-refractivity contribution in [3.05, 3.63) is 71.5 Å². The number of rotatable bonds is 11.